The Kier molecular flexibility index (Phi) is 8.37. The summed E-state index contributed by atoms with van der Waals surface area (Å²) in [6.07, 6.45) is 0. The summed E-state index contributed by atoms with van der Waals surface area (Å²) in [5.41, 5.74) is -0.658. The van der Waals surface area contributed by atoms with E-state index in [4.69, 9.17) is 0 Å². The summed E-state index contributed by atoms with van der Waals surface area (Å²) >= 11 is 0. The monoisotopic (exact) mass is 602 g/mol. The molecule has 0 saturated heterocycles. The van der Waals surface area contributed by atoms with Gasteiger partial charge in [0.25, 0.3) is 16.7 Å². The number of pyridine rings is 2. The van der Waals surface area contributed by atoms with Crippen LogP contribution in [-0.2, 0) is 24.5 Å². The number of aromatic nitrogens is 2. The molecule has 0 saturated carbocycles. The number of hydrogen-bond acceptors (Lipinski definition) is 10. The van der Waals surface area contributed by atoms with Crippen molar-refractivity contribution in [2.75, 3.05) is 53.1 Å². The molecule has 0 spiro atoms. The molecule has 0 fully saturated rings. The average molecular weight is 603 g/mol. The zero-order valence-electron chi connectivity index (χ0n) is 24.9. The maximum Gasteiger partial charge on any atom is 0.263 e. The highest BCUT2D eigenvalue weighted by Gasteiger charge is 2.26. The second-order valence-electron chi connectivity index (χ2n) is 11.2. The van der Waals surface area contributed by atoms with E-state index < -0.39 is 35.7 Å². The van der Waals surface area contributed by atoms with Gasteiger partial charge in [0.2, 0.25) is 11.8 Å². The van der Waals surface area contributed by atoms with Crippen LogP contribution in [0.2, 0.25) is 0 Å². The maximum absolute atomic E-state index is 14.0. The quantitative estimate of drug-likeness (QED) is 0.129. The number of amides is 1. The van der Waals surface area contributed by atoms with Gasteiger partial charge in [-0.15, -0.1) is 0 Å². The summed E-state index contributed by atoms with van der Waals surface area (Å²) in [5, 5.41) is 34.0. The van der Waals surface area contributed by atoms with E-state index in [9.17, 15) is 34.5 Å². The predicted molar refractivity (Wildman–Crippen MR) is 167 cm³/mol. The van der Waals surface area contributed by atoms with Crippen LogP contribution in [0.25, 0.3) is 32.7 Å². The van der Waals surface area contributed by atoms with E-state index in [0.29, 0.717) is 18.8 Å². The molecule has 3 aromatic rings. The summed E-state index contributed by atoms with van der Waals surface area (Å²) in [7, 11) is 7.33. The molecule has 0 radical (unpaired) electrons. The van der Waals surface area contributed by atoms with E-state index in [1.54, 1.807) is 12.1 Å². The third-order valence-corrected chi connectivity index (χ3v) is 7.64. The van der Waals surface area contributed by atoms with Crippen molar-refractivity contribution in [2.45, 2.75) is 19.7 Å². The molecule has 0 bridgehead atoms. The van der Waals surface area contributed by atoms with Crippen molar-refractivity contribution in [1.82, 2.24) is 18.9 Å². The van der Waals surface area contributed by atoms with Crippen molar-refractivity contribution in [2.24, 2.45) is 4.99 Å². The number of carbonyl (C=O) groups excluding carboxylic acids is 1. The second kappa shape index (κ2) is 12.0. The van der Waals surface area contributed by atoms with Gasteiger partial charge in [0.1, 0.15) is 12.3 Å². The summed E-state index contributed by atoms with van der Waals surface area (Å²) in [6.45, 7) is 0.325. The van der Waals surface area contributed by atoms with Crippen LogP contribution in [-0.4, -0.2) is 88.0 Å². The molecule has 1 amide bonds. The van der Waals surface area contributed by atoms with Gasteiger partial charge in [0, 0.05) is 59.2 Å². The minimum atomic E-state index is -0.569. The van der Waals surface area contributed by atoms with Gasteiger partial charge in [0.05, 0.1) is 22.9 Å². The molecule has 0 unspecified atom stereocenters. The van der Waals surface area contributed by atoms with Crippen molar-refractivity contribution in [3.63, 3.8) is 0 Å². The Labute approximate surface area is 251 Å². The molecule has 4 N–H and O–H groups in total. The summed E-state index contributed by atoms with van der Waals surface area (Å²) < 4.78 is 2.37. The van der Waals surface area contributed by atoms with E-state index in [2.05, 4.69) is 10.3 Å². The first-order chi connectivity index (χ1) is 20.9. The lowest BCUT2D eigenvalue weighted by Gasteiger charge is -2.20. The highest BCUT2D eigenvalue weighted by Crippen LogP contribution is 2.36. The first-order valence-electron chi connectivity index (χ1n) is 14.0. The standard InChI is InChI=1S/C31H34N6O7/c1-34(2)9-11-36-28(41)19-6-7-20-26-25(19)21(30(36)43)14-22(27(26)31(44)37(29(20)42)12-10-35(3)4)32-15-24(40)33-18-5-8-23(39)17(13-18)16-38/h5-8,13-14,38-39,42H,9-12,15-16H2,1-4H3,(H,33,40). The molecule has 2 aromatic carbocycles. The van der Waals surface area contributed by atoms with Gasteiger partial charge in [-0.05, 0) is 64.6 Å². The van der Waals surface area contributed by atoms with E-state index >= 15 is 0 Å². The van der Waals surface area contributed by atoms with Crippen LogP contribution in [0.1, 0.15) is 5.56 Å². The van der Waals surface area contributed by atoms with E-state index in [1.807, 2.05) is 38.0 Å². The molecular weight excluding hydrogens is 568 g/mol. The van der Waals surface area contributed by atoms with Gasteiger partial charge in [-0.2, -0.15) is 0 Å². The van der Waals surface area contributed by atoms with Crippen LogP contribution in [0.15, 0.2) is 55.8 Å². The van der Waals surface area contributed by atoms with Gasteiger partial charge >= 0.3 is 0 Å². The Morgan fingerprint density at radius 1 is 0.841 bits per heavy atom. The highest BCUT2D eigenvalue weighted by atomic mass is 16.3. The number of nitrogens with one attached hydrogen (secondary N) is 1. The number of likely N-dealkylation sites (N-methyl/N-ethyl adjacent to an activating group) is 2. The lowest BCUT2D eigenvalue weighted by atomic mass is 9.90. The number of anilines is 1. The molecule has 2 heterocycles. The fraction of sp³-hybridized carbons (Fsp3) is 0.323. The lowest BCUT2D eigenvalue weighted by Crippen LogP contribution is -2.39. The molecule has 2 aliphatic rings. The largest absolute Gasteiger partial charge is 0.508 e. The van der Waals surface area contributed by atoms with Crippen molar-refractivity contribution in [3.05, 3.63) is 78.4 Å². The molecule has 44 heavy (non-hydrogen) atoms. The SMILES string of the molecule is CN(C)CCn1c(O)c2ccc3c4c2c(c(=NCC(=O)Nc2ccc(O)c(CO)c2)cc-4c(=O)n(CCN(C)C)c3=O)c1=O. The van der Waals surface area contributed by atoms with Gasteiger partial charge in [0.15, 0.2) is 0 Å². The number of carbonyl (C=O) groups is 1. The van der Waals surface area contributed by atoms with Crippen LogP contribution in [0.5, 0.6) is 11.6 Å². The van der Waals surface area contributed by atoms with Crippen LogP contribution in [0, 0.1) is 0 Å². The third-order valence-electron chi connectivity index (χ3n) is 7.64. The van der Waals surface area contributed by atoms with Crippen LogP contribution < -0.4 is 27.4 Å². The van der Waals surface area contributed by atoms with Crippen molar-refractivity contribution in [3.8, 4) is 22.8 Å². The Morgan fingerprint density at radius 2 is 1.50 bits per heavy atom. The Morgan fingerprint density at radius 3 is 2.16 bits per heavy atom. The maximum atomic E-state index is 14.0. The third kappa shape index (κ3) is 5.48. The van der Waals surface area contributed by atoms with Crippen molar-refractivity contribution < 1.29 is 20.1 Å². The van der Waals surface area contributed by atoms with E-state index in [1.165, 1.54) is 28.8 Å². The van der Waals surface area contributed by atoms with Gasteiger partial charge < -0.3 is 30.4 Å². The number of benzene rings is 3. The van der Waals surface area contributed by atoms with Gasteiger partial charge in [-0.1, -0.05) is 0 Å². The number of hydrogen-bond donors (Lipinski definition) is 4. The van der Waals surface area contributed by atoms with Gasteiger partial charge in [-0.3, -0.25) is 33.3 Å². The fourth-order valence-corrected chi connectivity index (χ4v) is 5.34. The smallest absolute Gasteiger partial charge is 0.263 e. The lowest BCUT2D eigenvalue weighted by molar-refractivity contribution is -0.114. The Hall–Kier alpha value is -4.85. The summed E-state index contributed by atoms with van der Waals surface area (Å²) in [5.74, 6) is -0.959. The highest BCUT2D eigenvalue weighted by molar-refractivity contribution is 6.15. The van der Waals surface area contributed by atoms with E-state index in [-0.39, 0.29) is 68.3 Å². The minimum absolute atomic E-state index is 0.0745. The molecule has 230 valence electrons. The summed E-state index contributed by atoms with van der Waals surface area (Å²) in [6, 6.07) is 8.79. The number of rotatable bonds is 10. The molecule has 1 aliphatic carbocycles. The van der Waals surface area contributed by atoms with Crippen molar-refractivity contribution >= 4 is 33.1 Å². The predicted octanol–water partition coefficient (Wildman–Crippen LogP) is 0.223. The van der Waals surface area contributed by atoms with Crippen LogP contribution >= 0.6 is 0 Å². The Bertz CT molecular complexity index is 2080. The zero-order chi connectivity index (χ0) is 31.9. The fourth-order valence-electron chi connectivity index (χ4n) is 5.34. The molecule has 5 rings (SSSR count). The first-order valence-corrected chi connectivity index (χ1v) is 14.0. The molecule has 0 atom stereocenters. The molecule has 1 aromatic heterocycles. The second-order valence-corrected chi connectivity index (χ2v) is 11.2. The molecule has 13 nitrogen and oxygen atoms in total. The van der Waals surface area contributed by atoms with Crippen molar-refractivity contribution in [1.29, 1.82) is 0 Å². The van der Waals surface area contributed by atoms with Crippen LogP contribution in [0.3, 0.4) is 0 Å². The summed E-state index contributed by atoms with van der Waals surface area (Å²) in [4.78, 5) is 62.3. The molecular formula is C31H34N6O7. The average Bonchev–Trinajstić information content (AvgIpc) is 2.98. The van der Waals surface area contributed by atoms with Gasteiger partial charge in [-0.25, -0.2) is 0 Å². The van der Waals surface area contributed by atoms with Crippen LogP contribution in [0.4, 0.5) is 5.69 Å². The number of phenols is 1. The number of aliphatic hydroxyl groups excluding tert-OH is 1. The Balaban J connectivity index is 1.75. The molecule has 13 heteroatoms. The minimum Gasteiger partial charge on any atom is -0.508 e. The topological polar surface area (TPSA) is 170 Å². The number of aliphatic hydroxyl groups is 1. The zero-order valence-corrected chi connectivity index (χ0v) is 24.9. The molecule has 1 aliphatic heterocycles. The van der Waals surface area contributed by atoms with E-state index in [0.717, 1.165) is 4.57 Å². The number of nitrogens with zero attached hydrogens (tertiary/aromatic N) is 5. The number of aromatic hydroxyl groups is 2. The normalized spacial score (nSPS) is 12.5. The first kappa shape index (κ1) is 30.6.